The summed E-state index contributed by atoms with van der Waals surface area (Å²) in [7, 11) is 0. The van der Waals surface area contributed by atoms with Crippen molar-refractivity contribution in [3.63, 3.8) is 0 Å². The first-order chi connectivity index (χ1) is 8.97. The number of halogens is 3. The molecule has 19 heavy (non-hydrogen) atoms. The van der Waals surface area contributed by atoms with Crippen molar-refractivity contribution in [2.45, 2.75) is 0 Å². The van der Waals surface area contributed by atoms with Crippen LogP contribution in [-0.2, 0) is 0 Å². The quantitative estimate of drug-likeness (QED) is 0.894. The van der Waals surface area contributed by atoms with E-state index in [-0.39, 0.29) is 11.4 Å². The number of carboxylic acid groups (broad SMARTS) is 1. The largest absolute Gasteiger partial charge is 0.478 e. The Balaban J connectivity index is 2.44. The van der Waals surface area contributed by atoms with E-state index in [0.717, 1.165) is 6.07 Å². The Hall–Kier alpha value is -2.50. The van der Waals surface area contributed by atoms with E-state index in [1.54, 1.807) is 0 Å². The summed E-state index contributed by atoms with van der Waals surface area (Å²) in [4.78, 5) is 10.9. The van der Waals surface area contributed by atoms with Gasteiger partial charge in [-0.2, -0.15) is 0 Å². The second kappa shape index (κ2) is 5.01. The SMILES string of the molecule is O=C(O)c1cc(F)c(F)cc1Nc1cccc(F)c1. The van der Waals surface area contributed by atoms with Gasteiger partial charge in [0.25, 0.3) is 0 Å². The number of carbonyl (C=O) groups is 1. The van der Waals surface area contributed by atoms with Gasteiger partial charge in [0.05, 0.1) is 11.3 Å². The van der Waals surface area contributed by atoms with Gasteiger partial charge in [-0.05, 0) is 24.3 Å². The Morgan fingerprint density at radius 3 is 2.37 bits per heavy atom. The zero-order chi connectivity index (χ0) is 14.0. The molecule has 0 aliphatic heterocycles. The smallest absolute Gasteiger partial charge is 0.337 e. The molecule has 3 nitrogen and oxygen atoms in total. The van der Waals surface area contributed by atoms with Gasteiger partial charge in [-0.25, -0.2) is 18.0 Å². The van der Waals surface area contributed by atoms with E-state index >= 15 is 0 Å². The fraction of sp³-hybridized carbons (Fsp3) is 0. The monoisotopic (exact) mass is 267 g/mol. The molecule has 98 valence electrons. The molecule has 0 aliphatic rings. The molecule has 0 unspecified atom stereocenters. The number of rotatable bonds is 3. The summed E-state index contributed by atoms with van der Waals surface area (Å²) in [5.74, 6) is -4.41. The third kappa shape index (κ3) is 2.85. The summed E-state index contributed by atoms with van der Waals surface area (Å²) in [6.45, 7) is 0. The Bertz CT molecular complexity index is 644. The van der Waals surface area contributed by atoms with Gasteiger partial charge in [0, 0.05) is 11.8 Å². The van der Waals surface area contributed by atoms with Crippen LogP contribution < -0.4 is 5.32 Å². The zero-order valence-electron chi connectivity index (χ0n) is 9.45. The third-order valence-electron chi connectivity index (χ3n) is 2.39. The second-order valence-corrected chi connectivity index (χ2v) is 3.75. The lowest BCUT2D eigenvalue weighted by molar-refractivity contribution is 0.0697. The van der Waals surface area contributed by atoms with Crippen molar-refractivity contribution in [1.29, 1.82) is 0 Å². The summed E-state index contributed by atoms with van der Waals surface area (Å²) in [6, 6.07) is 6.46. The van der Waals surface area contributed by atoms with Gasteiger partial charge >= 0.3 is 5.97 Å². The predicted molar refractivity (Wildman–Crippen MR) is 63.0 cm³/mol. The summed E-state index contributed by atoms with van der Waals surface area (Å²) >= 11 is 0. The van der Waals surface area contributed by atoms with Crippen LogP contribution in [-0.4, -0.2) is 11.1 Å². The van der Waals surface area contributed by atoms with Crippen molar-refractivity contribution in [2.24, 2.45) is 0 Å². The molecule has 2 rings (SSSR count). The first-order valence-corrected chi connectivity index (χ1v) is 5.22. The summed E-state index contributed by atoms with van der Waals surface area (Å²) in [5.41, 5.74) is -0.367. The van der Waals surface area contributed by atoms with Crippen molar-refractivity contribution in [3.8, 4) is 0 Å². The van der Waals surface area contributed by atoms with Crippen LogP contribution in [0.25, 0.3) is 0 Å². The molecule has 0 fully saturated rings. The van der Waals surface area contributed by atoms with E-state index in [1.165, 1.54) is 18.2 Å². The van der Waals surface area contributed by atoms with Crippen LogP contribution in [0.5, 0.6) is 0 Å². The lowest BCUT2D eigenvalue weighted by Crippen LogP contribution is -2.05. The van der Waals surface area contributed by atoms with Gasteiger partial charge in [0.15, 0.2) is 11.6 Å². The molecular formula is C13H8F3NO2. The maximum atomic E-state index is 13.1. The average molecular weight is 267 g/mol. The molecule has 0 amide bonds. The molecule has 0 radical (unpaired) electrons. The summed E-state index contributed by atoms with van der Waals surface area (Å²) in [6.07, 6.45) is 0. The van der Waals surface area contributed by atoms with Crippen molar-refractivity contribution >= 4 is 17.3 Å². The molecule has 0 heterocycles. The van der Waals surface area contributed by atoms with Gasteiger partial charge < -0.3 is 10.4 Å². The predicted octanol–water partition coefficient (Wildman–Crippen LogP) is 3.55. The lowest BCUT2D eigenvalue weighted by atomic mass is 10.1. The fourth-order valence-electron chi connectivity index (χ4n) is 1.55. The van der Waals surface area contributed by atoms with Crippen molar-refractivity contribution < 1.29 is 23.1 Å². The van der Waals surface area contributed by atoms with E-state index in [1.807, 2.05) is 0 Å². The van der Waals surface area contributed by atoms with Crippen LogP contribution >= 0.6 is 0 Å². The van der Waals surface area contributed by atoms with Gasteiger partial charge in [0.1, 0.15) is 5.82 Å². The summed E-state index contributed by atoms with van der Waals surface area (Å²) in [5, 5.41) is 11.4. The molecule has 0 aliphatic carbocycles. The molecule has 0 bridgehead atoms. The van der Waals surface area contributed by atoms with Crippen LogP contribution in [0.1, 0.15) is 10.4 Å². The molecule has 2 aromatic rings. The van der Waals surface area contributed by atoms with Crippen LogP contribution in [0.3, 0.4) is 0 Å². The van der Waals surface area contributed by atoms with Crippen molar-refractivity contribution in [3.05, 3.63) is 59.4 Å². The number of hydrogen-bond acceptors (Lipinski definition) is 2. The third-order valence-corrected chi connectivity index (χ3v) is 2.39. The minimum Gasteiger partial charge on any atom is -0.478 e. The van der Waals surface area contributed by atoms with Crippen LogP contribution in [0.2, 0.25) is 0 Å². The van der Waals surface area contributed by atoms with Gasteiger partial charge in [-0.1, -0.05) is 6.07 Å². The topological polar surface area (TPSA) is 49.3 Å². The Morgan fingerprint density at radius 1 is 1.05 bits per heavy atom. The molecular weight excluding hydrogens is 259 g/mol. The number of aromatic carboxylic acids is 1. The first-order valence-electron chi connectivity index (χ1n) is 5.22. The molecule has 0 atom stereocenters. The number of hydrogen-bond donors (Lipinski definition) is 2. The molecule has 0 aromatic heterocycles. The molecule has 2 N–H and O–H groups in total. The molecule has 0 saturated heterocycles. The molecule has 6 heteroatoms. The number of carboxylic acids is 1. The van der Waals surface area contributed by atoms with Gasteiger partial charge in [0.2, 0.25) is 0 Å². The Kier molecular flexibility index (Phi) is 3.41. The average Bonchev–Trinajstić information content (AvgIpc) is 2.33. The van der Waals surface area contributed by atoms with E-state index in [4.69, 9.17) is 5.11 Å². The Labute approximate surface area is 106 Å². The first kappa shape index (κ1) is 12.9. The van der Waals surface area contributed by atoms with E-state index < -0.39 is 29.0 Å². The fourth-order valence-corrected chi connectivity index (χ4v) is 1.55. The highest BCUT2D eigenvalue weighted by molar-refractivity contribution is 5.95. The minimum atomic E-state index is -1.42. The second-order valence-electron chi connectivity index (χ2n) is 3.75. The normalized spacial score (nSPS) is 10.3. The Morgan fingerprint density at radius 2 is 1.74 bits per heavy atom. The highest BCUT2D eigenvalue weighted by atomic mass is 19.2. The van der Waals surface area contributed by atoms with Crippen molar-refractivity contribution in [2.75, 3.05) is 5.32 Å². The highest BCUT2D eigenvalue weighted by Crippen LogP contribution is 2.24. The summed E-state index contributed by atoms with van der Waals surface area (Å²) < 4.78 is 39.1. The highest BCUT2D eigenvalue weighted by Gasteiger charge is 2.15. The number of benzene rings is 2. The standard InChI is InChI=1S/C13H8F3NO2/c14-7-2-1-3-8(4-7)17-12-6-11(16)10(15)5-9(12)13(18)19/h1-6,17H,(H,18,19). The van der Waals surface area contributed by atoms with Crippen LogP contribution in [0.15, 0.2) is 36.4 Å². The van der Waals surface area contributed by atoms with E-state index in [2.05, 4.69) is 5.32 Å². The molecule has 0 saturated carbocycles. The maximum Gasteiger partial charge on any atom is 0.337 e. The number of nitrogens with one attached hydrogen (secondary N) is 1. The maximum absolute atomic E-state index is 13.1. The number of anilines is 2. The minimum absolute atomic E-state index is 0.156. The lowest BCUT2D eigenvalue weighted by Gasteiger charge is -2.10. The van der Waals surface area contributed by atoms with E-state index in [9.17, 15) is 18.0 Å². The van der Waals surface area contributed by atoms with Crippen LogP contribution in [0.4, 0.5) is 24.5 Å². The molecule has 0 spiro atoms. The van der Waals surface area contributed by atoms with Crippen molar-refractivity contribution in [1.82, 2.24) is 0 Å². The van der Waals surface area contributed by atoms with E-state index in [0.29, 0.717) is 12.1 Å². The van der Waals surface area contributed by atoms with Gasteiger partial charge in [-0.15, -0.1) is 0 Å². The zero-order valence-corrected chi connectivity index (χ0v) is 9.45. The molecule has 2 aromatic carbocycles. The van der Waals surface area contributed by atoms with Crippen LogP contribution in [0, 0.1) is 17.5 Å². The van der Waals surface area contributed by atoms with Gasteiger partial charge in [-0.3, -0.25) is 0 Å².